The summed E-state index contributed by atoms with van der Waals surface area (Å²) in [7, 11) is 0. The molecule has 2 atom stereocenters. The van der Waals surface area contributed by atoms with E-state index in [1.807, 2.05) is 12.1 Å². The lowest BCUT2D eigenvalue weighted by Gasteiger charge is -2.27. The third-order valence-electron chi connectivity index (χ3n) is 3.98. The highest BCUT2D eigenvalue weighted by molar-refractivity contribution is 5.48. The maximum Gasteiger partial charge on any atom is 0.0858 e. The number of piperidine rings is 1. The molecule has 2 unspecified atom stereocenters. The number of aromatic nitrogens is 3. The first kappa shape index (κ1) is 14.1. The zero-order valence-electron chi connectivity index (χ0n) is 12.5. The Kier molecular flexibility index (Phi) is 4.50. The van der Waals surface area contributed by atoms with Gasteiger partial charge in [-0.25, -0.2) is 0 Å². The first-order chi connectivity index (χ1) is 10.3. The molecule has 0 saturated carbocycles. The fourth-order valence-electron chi connectivity index (χ4n) is 2.94. The standard InChI is InChI=1S/C16H23N5/c1-13(12-15-4-2-3-9-17-15)20-14-5-7-16(8-6-14)21-18-10-11-19-21/h5-8,10-11,13,15,17,20H,2-4,9,12H2,1H3. The van der Waals surface area contributed by atoms with E-state index in [1.54, 1.807) is 17.2 Å². The van der Waals surface area contributed by atoms with Gasteiger partial charge in [0.15, 0.2) is 0 Å². The van der Waals surface area contributed by atoms with Gasteiger partial charge in [0.2, 0.25) is 0 Å². The van der Waals surface area contributed by atoms with Crippen molar-refractivity contribution in [1.82, 2.24) is 20.3 Å². The molecule has 112 valence electrons. The van der Waals surface area contributed by atoms with Crippen molar-refractivity contribution < 1.29 is 0 Å². The molecule has 1 aliphatic heterocycles. The molecular formula is C16H23N5. The molecule has 1 aromatic heterocycles. The number of anilines is 1. The molecule has 2 aromatic rings. The van der Waals surface area contributed by atoms with Crippen LogP contribution in [-0.4, -0.2) is 33.6 Å². The van der Waals surface area contributed by atoms with Crippen molar-refractivity contribution in [2.45, 2.75) is 44.7 Å². The summed E-state index contributed by atoms with van der Waals surface area (Å²) in [5, 5.41) is 15.4. The van der Waals surface area contributed by atoms with Crippen molar-refractivity contribution in [3.05, 3.63) is 36.7 Å². The smallest absolute Gasteiger partial charge is 0.0858 e. The molecule has 0 spiro atoms. The molecular weight excluding hydrogens is 262 g/mol. The van der Waals surface area contributed by atoms with Crippen LogP contribution >= 0.6 is 0 Å². The van der Waals surface area contributed by atoms with Crippen molar-refractivity contribution in [3.8, 4) is 5.69 Å². The summed E-state index contributed by atoms with van der Waals surface area (Å²) in [6.07, 6.45) is 8.52. The van der Waals surface area contributed by atoms with E-state index in [-0.39, 0.29) is 0 Å². The van der Waals surface area contributed by atoms with Gasteiger partial charge >= 0.3 is 0 Å². The van der Waals surface area contributed by atoms with Gasteiger partial charge in [-0.1, -0.05) is 6.42 Å². The van der Waals surface area contributed by atoms with E-state index < -0.39 is 0 Å². The van der Waals surface area contributed by atoms with E-state index in [1.165, 1.54) is 32.2 Å². The summed E-state index contributed by atoms with van der Waals surface area (Å²) >= 11 is 0. The van der Waals surface area contributed by atoms with Gasteiger partial charge in [0.1, 0.15) is 0 Å². The zero-order valence-corrected chi connectivity index (χ0v) is 12.5. The molecule has 2 N–H and O–H groups in total. The minimum Gasteiger partial charge on any atom is -0.383 e. The van der Waals surface area contributed by atoms with Gasteiger partial charge in [0.05, 0.1) is 18.1 Å². The van der Waals surface area contributed by atoms with E-state index in [2.05, 4.69) is 39.9 Å². The average Bonchev–Trinajstić information content (AvgIpc) is 3.03. The molecule has 1 saturated heterocycles. The normalized spacial score (nSPS) is 20.1. The summed E-state index contributed by atoms with van der Waals surface area (Å²) in [5.41, 5.74) is 2.13. The van der Waals surface area contributed by atoms with E-state index in [4.69, 9.17) is 0 Å². The first-order valence-electron chi connectivity index (χ1n) is 7.78. The van der Waals surface area contributed by atoms with Crippen LogP contribution < -0.4 is 10.6 Å². The van der Waals surface area contributed by atoms with Gasteiger partial charge < -0.3 is 10.6 Å². The molecule has 5 nitrogen and oxygen atoms in total. The lowest BCUT2D eigenvalue weighted by molar-refractivity contribution is 0.371. The summed E-state index contributed by atoms with van der Waals surface area (Å²) in [6.45, 7) is 3.42. The van der Waals surface area contributed by atoms with E-state index >= 15 is 0 Å². The van der Waals surface area contributed by atoms with Gasteiger partial charge in [-0.05, 0) is 57.0 Å². The summed E-state index contributed by atoms with van der Waals surface area (Å²) in [4.78, 5) is 1.62. The monoisotopic (exact) mass is 285 g/mol. The third kappa shape index (κ3) is 3.82. The van der Waals surface area contributed by atoms with E-state index in [0.29, 0.717) is 12.1 Å². The second kappa shape index (κ2) is 6.72. The number of nitrogens with one attached hydrogen (secondary N) is 2. The molecule has 0 aliphatic carbocycles. The molecule has 0 radical (unpaired) electrons. The summed E-state index contributed by atoms with van der Waals surface area (Å²) < 4.78 is 0. The topological polar surface area (TPSA) is 54.8 Å². The van der Waals surface area contributed by atoms with Crippen LogP contribution in [0.2, 0.25) is 0 Å². The number of hydrogen-bond donors (Lipinski definition) is 2. The van der Waals surface area contributed by atoms with Crippen LogP contribution in [-0.2, 0) is 0 Å². The van der Waals surface area contributed by atoms with Crippen molar-refractivity contribution in [2.24, 2.45) is 0 Å². The largest absolute Gasteiger partial charge is 0.383 e. The molecule has 1 aromatic carbocycles. The Balaban J connectivity index is 1.54. The second-order valence-electron chi connectivity index (χ2n) is 5.79. The van der Waals surface area contributed by atoms with Crippen LogP contribution in [0.15, 0.2) is 36.7 Å². The fourth-order valence-corrected chi connectivity index (χ4v) is 2.94. The van der Waals surface area contributed by atoms with Gasteiger partial charge in [-0.3, -0.25) is 0 Å². The lowest BCUT2D eigenvalue weighted by atomic mass is 9.98. The number of benzene rings is 1. The van der Waals surface area contributed by atoms with Gasteiger partial charge in [0, 0.05) is 17.8 Å². The van der Waals surface area contributed by atoms with Crippen molar-refractivity contribution in [2.75, 3.05) is 11.9 Å². The Morgan fingerprint density at radius 3 is 2.67 bits per heavy atom. The maximum atomic E-state index is 4.13. The molecule has 2 heterocycles. The first-order valence-corrected chi connectivity index (χ1v) is 7.78. The van der Waals surface area contributed by atoms with Gasteiger partial charge in [-0.15, -0.1) is 0 Å². The molecule has 0 amide bonds. The van der Waals surface area contributed by atoms with E-state index in [9.17, 15) is 0 Å². The predicted octanol–water partition coefficient (Wildman–Crippen LogP) is 2.60. The van der Waals surface area contributed by atoms with Crippen LogP contribution in [0.1, 0.15) is 32.6 Å². The fraction of sp³-hybridized carbons (Fsp3) is 0.500. The van der Waals surface area contributed by atoms with Crippen LogP contribution in [0.4, 0.5) is 5.69 Å². The number of rotatable bonds is 5. The van der Waals surface area contributed by atoms with Gasteiger partial charge in [0.25, 0.3) is 0 Å². The minimum absolute atomic E-state index is 0.467. The number of hydrogen-bond acceptors (Lipinski definition) is 4. The van der Waals surface area contributed by atoms with Gasteiger partial charge in [-0.2, -0.15) is 15.0 Å². The molecule has 1 aliphatic rings. The van der Waals surface area contributed by atoms with Crippen LogP contribution in [0.25, 0.3) is 5.69 Å². The Bertz CT molecular complexity index is 528. The van der Waals surface area contributed by atoms with Crippen LogP contribution in [0, 0.1) is 0 Å². The Labute approximate surface area is 125 Å². The zero-order chi connectivity index (χ0) is 14.5. The second-order valence-corrected chi connectivity index (χ2v) is 5.79. The Morgan fingerprint density at radius 2 is 2.00 bits per heavy atom. The van der Waals surface area contributed by atoms with Crippen molar-refractivity contribution in [1.29, 1.82) is 0 Å². The Hall–Kier alpha value is -1.88. The van der Waals surface area contributed by atoms with Crippen molar-refractivity contribution in [3.63, 3.8) is 0 Å². The van der Waals surface area contributed by atoms with Crippen LogP contribution in [0.3, 0.4) is 0 Å². The third-order valence-corrected chi connectivity index (χ3v) is 3.98. The summed E-state index contributed by atoms with van der Waals surface area (Å²) in [6, 6.07) is 9.37. The quantitative estimate of drug-likeness (QED) is 0.886. The molecule has 1 fully saturated rings. The molecule has 5 heteroatoms. The predicted molar refractivity (Wildman–Crippen MR) is 84.7 cm³/mol. The maximum absolute atomic E-state index is 4.13. The van der Waals surface area contributed by atoms with Crippen LogP contribution in [0.5, 0.6) is 0 Å². The number of nitrogens with zero attached hydrogens (tertiary/aromatic N) is 3. The van der Waals surface area contributed by atoms with Crippen molar-refractivity contribution >= 4 is 5.69 Å². The SMILES string of the molecule is CC(CC1CCCCN1)Nc1ccc(-n2nccn2)cc1. The minimum atomic E-state index is 0.467. The highest BCUT2D eigenvalue weighted by atomic mass is 15.5. The molecule has 0 bridgehead atoms. The average molecular weight is 285 g/mol. The highest BCUT2D eigenvalue weighted by Gasteiger charge is 2.15. The molecule has 21 heavy (non-hydrogen) atoms. The Morgan fingerprint density at radius 1 is 1.24 bits per heavy atom. The highest BCUT2D eigenvalue weighted by Crippen LogP contribution is 2.16. The van der Waals surface area contributed by atoms with E-state index in [0.717, 1.165) is 11.4 Å². The molecule has 3 rings (SSSR count). The lowest BCUT2D eigenvalue weighted by Crippen LogP contribution is -2.37. The summed E-state index contributed by atoms with van der Waals surface area (Å²) in [5.74, 6) is 0.